The summed E-state index contributed by atoms with van der Waals surface area (Å²) < 4.78 is 0.977. The smallest absolute Gasteiger partial charge is 0.243 e. The molecule has 3 aromatic carbocycles. The van der Waals surface area contributed by atoms with Gasteiger partial charge in [-0.05, 0) is 61.6 Å². The Morgan fingerprint density at radius 3 is 2.29 bits per heavy atom. The Hall–Kier alpha value is -2.92. The largest absolute Gasteiger partial charge is 0.352 e. The molecule has 0 fully saturated rings. The summed E-state index contributed by atoms with van der Waals surface area (Å²) in [6, 6.07) is 23.4. The number of rotatable bonds is 10. The van der Waals surface area contributed by atoms with Crippen molar-refractivity contribution in [2.24, 2.45) is 0 Å². The second-order valence-electron chi connectivity index (χ2n) is 9.28. The van der Waals surface area contributed by atoms with Gasteiger partial charge >= 0.3 is 0 Å². The van der Waals surface area contributed by atoms with Crippen molar-refractivity contribution in [1.82, 2.24) is 10.2 Å². The Labute approximate surface area is 217 Å². The lowest BCUT2D eigenvalue weighted by molar-refractivity contribution is -0.141. The van der Waals surface area contributed by atoms with Crippen molar-refractivity contribution < 1.29 is 9.59 Å². The maximum absolute atomic E-state index is 13.9. The molecule has 35 heavy (non-hydrogen) atoms. The van der Waals surface area contributed by atoms with Crippen LogP contribution in [0.15, 0.2) is 77.3 Å². The molecule has 4 nitrogen and oxygen atoms in total. The number of carbonyl (C=O) groups is 2. The van der Waals surface area contributed by atoms with E-state index >= 15 is 0 Å². The number of benzene rings is 3. The van der Waals surface area contributed by atoms with Crippen molar-refractivity contribution in [2.45, 2.75) is 65.6 Å². The van der Waals surface area contributed by atoms with Gasteiger partial charge in [0.05, 0.1) is 6.42 Å². The average Bonchev–Trinajstić information content (AvgIpc) is 2.85. The molecule has 184 valence electrons. The Morgan fingerprint density at radius 1 is 0.943 bits per heavy atom. The molecule has 0 spiro atoms. The summed E-state index contributed by atoms with van der Waals surface area (Å²) in [5.41, 5.74) is 5.20. The highest BCUT2D eigenvalue weighted by Gasteiger charge is 2.31. The Bertz CT molecular complexity index is 1130. The van der Waals surface area contributed by atoms with Gasteiger partial charge in [0, 0.05) is 23.5 Å². The van der Waals surface area contributed by atoms with Crippen LogP contribution in [-0.4, -0.2) is 28.8 Å². The fourth-order valence-electron chi connectivity index (χ4n) is 4.04. The zero-order valence-corrected chi connectivity index (χ0v) is 22.6. The fraction of sp³-hybridized carbons (Fsp3) is 0.333. The van der Waals surface area contributed by atoms with Crippen LogP contribution < -0.4 is 5.32 Å². The van der Waals surface area contributed by atoms with Gasteiger partial charge < -0.3 is 10.2 Å². The topological polar surface area (TPSA) is 49.4 Å². The molecule has 0 radical (unpaired) electrons. The third kappa shape index (κ3) is 7.79. The quantitative estimate of drug-likeness (QED) is 0.338. The molecule has 0 bridgehead atoms. The third-order valence-corrected chi connectivity index (χ3v) is 6.91. The summed E-state index contributed by atoms with van der Waals surface area (Å²) in [6.07, 6.45) is 1.54. The molecule has 0 aromatic heterocycles. The van der Waals surface area contributed by atoms with Gasteiger partial charge in [0.15, 0.2) is 0 Å². The highest BCUT2D eigenvalue weighted by Crippen LogP contribution is 2.20. The molecular formula is C30H35BrN2O2. The minimum Gasteiger partial charge on any atom is -0.352 e. The van der Waals surface area contributed by atoms with Crippen LogP contribution in [0.25, 0.3) is 0 Å². The normalized spacial score (nSPS) is 12.6. The minimum atomic E-state index is -0.618. The number of hydrogen-bond acceptors (Lipinski definition) is 2. The van der Waals surface area contributed by atoms with Crippen molar-refractivity contribution in [3.05, 3.63) is 105 Å². The average molecular weight is 536 g/mol. The molecule has 0 saturated carbocycles. The van der Waals surface area contributed by atoms with Crippen LogP contribution in [-0.2, 0) is 29.0 Å². The molecular weight excluding hydrogens is 500 g/mol. The van der Waals surface area contributed by atoms with Crippen LogP contribution in [0.2, 0.25) is 0 Å². The number of nitrogens with zero attached hydrogens (tertiary/aromatic N) is 1. The van der Waals surface area contributed by atoms with Crippen molar-refractivity contribution in [1.29, 1.82) is 0 Å². The van der Waals surface area contributed by atoms with E-state index in [2.05, 4.69) is 33.4 Å². The van der Waals surface area contributed by atoms with Crippen LogP contribution >= 0.6 is 15.9 Å². The lowest BCUT2D eigenvalue weighted by Gasteiger charge is -2.32. The number of nitrogens with one attached hydrogen (secondary N) is 1. The Kier molecular flexibility index (Phi) is 9.67. The van der Waals surface area contributed by atoms with E-state index in [1.54, 1.807) is 4.90 Å². The SMILES string of the molecule is CC[C@@H](C)NC(=O)[C@H](Cc1ccccc1)N(Cc1ccc(Br)cc1)C(=O)Cc1cc(C)ccc1C. The summed E-state index contributed by atoms with van der Waals surface area (Å²) >= 11 is 3.49. The predicted molar refractivity (Wildman–Crippen MR) is 146 cm³/mol. The number of hydrogen-bond donors (Lipinski definition) is 1. The van der Waals surface area contributed by atoms with E-state index in [-0.39, 0.29) is 24.3 Å². The lowest BCUT2D eigenvalue weighted by atomic mass is 9.99. The third-order valence-electron chi connectivity index (χ3n) is 6.38. The van der Waals surface area contributed by atoms with Gasteiger partial charge in [0.25, 0.3) is 0 Å². The zero-order valence-electron chi connectivity index (χ0n) is 21.1. The number of carbonyl (C=O) groups excluding carboxylic acids is 2. The second kappa shape index (κ2) is 12.7. The van der Waals surface area contributed by atoms with Crippen LogP contribution in [0.5, 0.6) is 0 Å². The van der Waals surface area contributed by atoms with E-state index < -0.39 is 6.04 Å². The van der Waals surface area contributed by atoms with Gasteiger partial charge in [-0.3, -0.25) is 9.59 Å². The van der Waals surface area contributed by atoms with Gasteiger partial charge in [0.2, 0.25) is 11.8 Å². The van der Waals surface area contributed by atoms with Crippen LogP contribution in [0.4, 0.5) is 0 Å². The maximum atomic E-state index is 13.9. The van der Waals surface area contributed by atoms with Crippen LogP contribution in [0.3, 0.4) is 0 Å². The summed E-state index contributed by atoms with van der Waals surface area (Å²) in [5, 5.41) is 3.12. The molecule has 0 saturated heterocycles. The molecule has 2 atom stereocenters. The van der Waals surface area contributed by atoms with E-state index in [4.69, 9.17) is 0 Å². The van der Waals surface area contributed by atoms with Crippen LogP contribution in [0, 0.1) is 13.8 Å². The molecule has 3 aromatic rings. The van der Waals surface area contributed by atoms with Gasteiger partial charge in [-0.2, -0.15) is 0 Å². The predicted octanol–water partition coefficient (Wildman–Crippen LogP) is 6.16. The molecule has 2 amide bonds. The van der Waals surface area contributed by atoms with E-state index in [1.165, 1.54) is 0 Å². The first-order valence-electron chi connectivity index (χ1n) is 12.2. The van der Waals surface area contributed by atoms with Gasteiger partial charge in [-0.25, -0.2) is 0 Å². The van der Waals surface area contributed by atoms with Crippen molar-refractivity contribution >= 4 is 27.7 Å². The number of amides is 2. The molecule has 0 unspecified atom stereocenters. The van der Waals surface area contributed by atoms with Crippen molar-refractivity contribution in [3.8, 4) is 0 Å². The van der Waals surface area contributed by atoms with Gasteiger partial charge in [-0.15, -0.1) is 0 Å². The highest BCUT2D eigenvalue weighted by molar-refractivity contribution is 9.10. The monoisotopic (exact) mass is 534 g/mol. The van der Waals surface area contributed by atoms with E-state index in [0.29, 0.717) is 13.0 Å². The zero-order chi connectivity index (χ0) is 25.4. The summed E-state index contributed by atoms with van der Waals surface area (Å²) in [6.45, 7) is 8.46. The number of halogens is 1. The molecule has 0 heterocycles. The lowest BCUT2D eigenvalue weighted by Crippen LogP contribution is -2.52. The van der Waals surface area contributed by atoms with Gasteiger partial charge in [0.1, 0.15) is 6.04 Å². The summed E-state index contributed by atoms with van der Waals surface area (Å²) in [5.74, 6) is -0.170. The molecule has 0 aliphatic heterocycles. The van der Waals surface area contributed by atoms with Crippen LogP contribution in [0.1, 0.15) is 48.1 Å². The number of aryl methyl sites for hydroxylation is 2. The minimum absolute atomic E-state index is 0.0319. The highest BCUT2D eigenvalue weighted by atomic mass is 79.9. The molecule has 1 N–H and O–H groups in total. The van der Waals surface area contributed by atoms with Crippen molar-refractivity contribution in [2.75, 3.05) is 0 Å². The Morgan fingerprint density at radius 2 is 1.63 bits per heavy atom. The van der Waals surface area contributed by atoms with E-state index in [0.717, 1.165) is 38.7 Å². The first-order valence-corrected chi connectivity index (χ1v) is 13.0. The standard InChI is InChI=1S/C30H35BrN2O2/c1-5-23(4)32-30(35)28(18-24-9-7-6-8-10-24)33(20-25-13-15-27(31)16-14-25)29(34)19-26-17-21(2)11-12-22(26)3/h6-17,23,28H,5,18-20H2,1-4H3,(H,32,35)/t23-,28+/m1/s1. The summed E-state index contributed by atoms with van der Waals surface area (Å²) in [7, 11) is 0. The van der Waals surface area contributed by atoms with Gasteiger partial charge in [-0.1, -0.05) is 89.1 Å². The van der Waals surface area contributed by atoms with E-state index in [9.17, 15) is 9.59 Å². The first-order chi connectivity index (χ1) is 16.8. The fourth-order valence-corrected chi connectivity index (χ4v) is 4.30. The maximum Gasteiger partial charge on any atom is 0.243 e. The molecule has 5 heteroatoms. The Balaban J connectivity index is 1.99. The molecule has 3 rings (SSSR count). The first kappa shape index (κ1) is 26.7. The molecule has 0 aliphatic carbocycles. The van der Waals surface area contributed by atoms with E-state index in [1.807, 2.05) is 88.4 Å². The van der Waals surface area contributed by atoms with Crippen molar-refractivity contribution in [3.63, 3.8) is 0 Å². The second-order valence-corrected chi connectivity index (χ2v) is 10.2. The summed E-state index contributed by atoms with van der Waals surface area (Å²) in [4.78, 5) is 29.2. The molecule has 0 aliphatic rings.